The van der Waals surface area contributed by atoms with Crippen molar-refractivity contribution in [1.29, 1.82) is 0 Å². The molecule has 1 aliphatic rings. The molecule has 2 aromatic heterocycles. The lowest BCUT2D eigenvalue weighted by molar-refractivity contribution is -0.114. The number of hydrogen-bond donors (Lipinski definition) is 1. The zero-order valence-corrected chi connectivity index (χ0v) is 18.3. The highest BCUT2D eigenvalue weighted by atomic mass is 32.2. The lowest BCUT2D eigenvalue weighted by Crippen LogP contribution is -2.50. The van der Waals surface area contributed by atoms with Crippen LogP contribution in [0.5, 0.6) is 0 Å². The van der Waals surface area contributed by atoms with E-state index >= 15 is 0 Å². The molecule has 0 unspecified atom stereocenters. The van der Waals surface area contributed by atoms with Gasteiger partial charge < -0.3 is 14.6 Å². The van der Waals surface area contributed by atoms with Gasteiger partial charge in [0.15, 0.2) is 17.8 Å². The van der Waals surface area contributed by atoms with Gasteiger partial charge in [-0.15, -0.1) is 11.3 Å². The number of anilines is 1. The van der Waals surface area contributed by atoms with Crippen LogP contribution in [0.15, 0.2) is 57.5 Å². The van der Waals surface area contributed by atoms with Crippen molar-refractivity contribution in [2.75, 3.05) is 31.5 Å². The van der Waals surface area contributed by atoms with Crippen molar-refractivity contribution in [2.24, 2.45) is 0 Å². The molecule has 1 aromatic carbocycles. The summed E-state index contributed by atoms with van der Waals surface area (Å²) in [5.41, 5.74) is 0.753. The van der Waals surface area contributed by atoms with Crippen LogP contribution in [-0.2, 0) is 14.8 Å². The molecule has 2 amide bonds. The Morgan fingerprint density at radius 2 is 1.81 bits per heavy atom. The van der Waals surface area contributed by atoms with Gasteiger partial charge in [-0.05, 0) is 35.7 Å². The lowest BCUT2D eigenvalue weighted by atomic mass is 10.2. The molecule has 9 nitrogen and oxygen atoms in total. The van der Waals surface area contributed by atoms with Crippen molar-refractivity contribution >= 4 is 38.9 Å². The highest BCUT2D eigenvalue weighted by molar-refractivity contribution is 7.89. The third-order valence-electron chi connectivity index (χ3n) is 4.85. The average molecular weight is 461 g/mol. The summed E-state index contributed by atoms with van der Waals surface area (Å²) in [4.78, 5) is 30.7. The molecular formula is C20H20N4O5S2. The summed E-state index contributed by atoms with van der Waals surface area (Å²) in [5, 5.41) is 4.49. The minimum atomic E-state index is -3.70. The number of oxazole rings is 1. The van der Waals surface area contributed by atoms with Crippen LogP contribution in [0.2, 0.25) is 0 Å². The van der Waals surface area contributed by atoms with Crippen molar-refractivity contribution < 1.29 is 22.4 Å². The van der Waals surface area contributed by atoms with Crippen molar-refractivity contribution in [3.63, 3.8) is 0 Å². The first-order valence-electron chi connectivity index (χ1n) is 9.50. The molecular weight excluding hydrogens is 440 g/mol. The standard InChI is InChI=1S/C20H20N4O5S2/c1-14(25)22-15-4-6-16(7-5-15)31(27,28)24-10-8-23(9-11-24)20(26)18-19(29-13-21-18)17-3-2-12-30-17/h2-7,12-13H,8-11H2,1H3,(H,22,25). The molecule has 0 spiro atoms. The van der Waals surface area contributed by atoms with E-state index in [1.807, 2.05) is 17.5 Å². The molecule has 1 aliphatic heterocycles. The topological polar surface area (TPSA) is 113 Å². The second-order valence-electron chi connectivity index (χ2n) is 6.91. The summed E-state index contributed by atoms with van der Waals surface area (Å²) in [6.07, 6.45) is 1.24. The molecule has 1 saturated heterocycles. The Morgan fingerprint density at radius 1 is 1.10 bits per heavy atom. The van der Waals surface area contributed by atoms with E-state index in [9.17, 15) is 18.0 Å². The van der Waals surface area contributed by atoms with Gasteiger partial charge in [0, 0.05) is 38.8 Å². The van der Waals surface area contributed by atoms with Crippen LogP contribution in [0, 0.1) is 0 Å². The van der Waals surface area contributed by atoms with Gasteiger partial charge in [-0.25, -0.2) is 13.4 Å². The average Bonchev–Trinajstić information content (AvgIpc) is 3.45. The van der Waals surface area contributed by atoms with Crippen LogP contribution in [0.25, 0.3) is 10.6 Å². The predicted molar refractivity (Wildman–Crippen MR) is 115 cm³/mol. The zero-order chi connectivity index (χ0) is 22.0. The number of carbonyl (C=O) groups excluding carboxylic acids is 2. The van der Waals surface area contributed by atoms with Crippen LogP contribution < -0.4 is 5.32 Å². The van der Waals surface area contributed by atoms with Crippen molar-refractivity contribution in [2.45, 2.75) is 11.8 Å². The molecule has 0 radical (unpaired) electrons. The highest BCUT2D eigenvalue weighted by Crippen LogP contribution is 2.29. The van der Waals surface area contributed by atoms with E-state index in [-0.39, 0.29) is 48.6 Å². The SMILES string of the molecule is CC(=O)Nc1ccc(S(=O)(=O)N2CCN(C(=O)c3ncoc3-c3cccs3)CC2)cc1. The fourth-order valence-electron chi connectivity index (χ4n) is 3.32. The van der Waals surface area contributed by atoms with Gasteiger partial charge in [0.1, 0.15) is 0 Å². The monoisotopic (exact) mass is 460 g/mol. The minimum absolute atomic E-state index is 0.137. The third-order valence-corrected chi connectivity index (χ3v) is 7.63. The summed E-state index contributed by atoms with van der Waals surface area (Å²) >= 11 is 1.45. The molecule has 31 heavy (non-hydrogen) atoms. The second-order valence-corrected chi connectivity index (χ2v) is 9.79. The van der Waals surface area contributed by atoms with E-state index in [4.69, 9.17) is 4.42 Å². The van der Waals surface area contributed by atoms with Gasteiger partial charge in [0.2, 0.25) is 15.9 Å². The maximum absolute atomic E-state index is 12.9. The fourth-order valence-corrected chi connectivity index (χ4v) is 5.46. The van der Waals surface area contributed by atoms with Gasteiger partial charge in [0.05, 0.1) is 9.77 Å². The number of rotatable bonds is 5. The van der Waals surface area contributed by atoms with E-state index in [2.05, 4.69) is 10.3 Å². The Hall–Kier alpha value is -3.02. The lowest BCUT2D eigenvalue weighted by Gasteiger charge is -2.33. The molecule has 11 heteroatoms. The first kappa shape index (κ1) is 21.2. The summed E-state index contributed by atoms with van der Waals surface area (Å²) in [6, 6.07) is 9.73. The van der Waals surface area contributed by atoms with E-state index in [0.29, 0.717) is 11.4 Å². The maximum atomic E-state index is 12.9. The molecule has 0 atom stereocenters. The predicted octanol–water partition coefficient (Wildman–Crippen LogP) is 2.51. The summed E-state index contributed by atoms with van der Waals surface area (Å²) in [5.74, 6) is -0.0890. The number of piperazine rings is 1. The Labute approximate surface area is 183 Å². The molecule has 0 aliphatic carbocycles. The fraction of sp³-hybridized carbons (Fsp3) is 0.250. The molecule has 1 N–H and O–H groups in total. The summed E-state index contributed by atoms with van der Waals surface area (Å²) in [6.45, 7) is 2.23. The maximum Gasteiger partial charge on any atom is 0.276 e. The number of hydrogen-bond acceptors (Lipinski definition) is 7. The molecule has 1 fully saturated rings. The minimum Gasteiger partial charge on any atom is -0.442 e. The second kappa shape index (κ2) is 8.61. The number of benzene rings is 1. The first-order valence-corrected chi connectivity index (χ1v) is 11.8. The van der Waals surface area contributed by atoms with Crippen LogP contribution in [-0.4, -0.2) is 60.6 Å². The molecule has 4 rings (SSSR count). The first-order chi connectivity index (χ1) is 14.9. The largest absolute Gasteiger partial charge is 0.442 e. The third kappa shape index (κ3) is 4.38. The van der Waals surface area contributed by atoms with Crippen molar-refractivity contribution in [1.82, 2.24) is 14.2 Å². The highest BCUT2D eigenvalue weighted by Gasteiger charge is 2.32. The smallest absolute Gasteiger partial charge is 0.276 e. The Morgan fingerprint density at radius 3 is 2.42 bits per heavy atom. The van der Waals surface area contributed by atoms with Crippen LogP contribution in [0.3, 0.4) is 0 Å². The zero-order valence-electron chi connectivity index (χ0n) is 16.6. The number of carbonyl (C=O) groups is 2. The van der Waals surface area contributed by atoms with Crippen molar-refractivity contribution in [3.05, 3.63) is 53.9 Å². The van der Waals surface area contributed by atoms with Gasteiger partial charge in [-0.3, -0.25) is 9.59 Å². The van der Waals surface area contributed by atoms with Gasteiger partial charge in [-0.2, -0.15) is 4.31 Å². The van der Waals surface area contributed by atoms with E-state index in [0.717, 1.165) is 4.88 Å². The van der Waals surface area contributed by atoms with E-state index in [1.165, 1.54) is 41.1 Å². The van der Waals surface area contributed by atoms with Crippen LogP contribution in [0.1, 0.15) is 17.4 Å². The number of amides is 2. The van der Waals surface area contributed by atoms with Gasteiger partial charge >= 0.3 is 0 Å². The van der Waals surface area contributed by atoms with Crippen molar-refractivity contribution in [3.8, 4) is 10.6 Å². The quantitative estimate of drug-likeness (QED) is 0.626. The summed E-state index contributed by atoms with van der Waals surface area (Å²) in [7, 11) is -3.70. The van der Waals surface area contributed by atoms with E-state index in [1.54, 1.807) is 17.0 Å². The molecule has 162 valence electrons. The molecule has 0 saturated carbocycles. The molecule has 3 aromatic rings. The number of sulfonamides is 1. The Balaban J connectivity index is 1.43. The Bertz CT molecular complexity index is 1180. The summed E-state index contributed by atoms with van der Waals surface area (Å²) < 4.78 is 32.7. The normalized spacial score (nSPS) is 15.1. The number of nitrogens with zero attached hydrogens (tertiary/aromatic N) is 3. The molecule has 3 heterocycles. The van der Waals surface area contributed by atoms with E-state index < -0.39 is 10.0 Å². The molecule has 0 bridgehead atoms. The van der Waals surface area contributed by atoms with Crippen LogP contribution in [0.4, 0.5) is 5.69 Å². The number of aromatic nitrogens is 1. The number of nitrogens with one attached hydrogen (secondary N) is 1. The Kier molecular flexibility index (Phi) is 5.90. The van der Waals surface area contributed by atoms with Crippen LogP contribution >= 0.6 is 11.3 Å². The van der Waals surface area contributed by atoms with Gasteiger partial charge in [-0.1, -0.05) is 6.07 Å². The van der Waals surface area contributed by atoms with Gasteiger partial charge in [0.25, 0.3) is 5.91 Å². The number of thiophene rings is 1.